The first kappa shape index (κ1) is 17.0. The van der Waals surface area contributed by atoms with E-state index in [1.807, 2.05) is 13.8 Å². The van der Waals surface area contributed by atoms with E-state index in [1.165, 1.54) is 0 Å². The summed E-state index contributed by atoms with van der Waals surface area (Å²) in [6.07, 6.45) is 3.09. The van der Waals surface area contributed by atoms with E-state index >= 15 is 0 Å². The third-order valence-corrected chi connectivity index (χ3v) is 4.78. The van der Waals surface area contributed by atoms with Crippen molar-refractivity contribution in [3.63, 3.8) is 0 Å². The fourth-order valence-electron chi connectivity index (χ4n) is 4.33. The van der Waals surface area contributed by atoms with Crippen molar-refractivity contribution in [3.05, 3.63) is 17.0 Å². The summed E-state index contributed by atoms with van der Waals surface area (Å²) >= 11 is 0. The standard InChI is InChI=1S/C17H29N3O2/c1-11-7-16(4,5)9-17(8-11,10-21)18-15(22)6-14-12(2)19-20-13(14)3/h11,21H,6-10H2,1-5H3,(H,18,22)(H,19,20)/t11-,17+/m1/s1. The van der Waals surface area contributed by atoms with Crippen molar-refractivity contribution in [2.75, 3.05) is 6.61 Å². The highest BCUT2D eigenvalue weighted by molar-refractivity contribution is 5.80. The smallest absolute Gasteiger partial charge is 0.225 e. The Morgan fingerprint density at radius 1 is 1.41 bits per heavy atom. The molecule has 1 saturated carbocycles. The third kappa shape index (κ3) is 3.69. The number of aromatic nitrogens is 2. The topological polar surface area (TPSA) is 78.0 Å². The van der Waals surface area contributed by atoms with Crippen LogP contribution in [0, 0.1) is 25.2 Å². The largest absolute Gasteiger partial charge is 0.394 e. The molecule has 0 spiro atoms. The van der Waals surface area contributed by atoms with Crippen LogP contribution in [0.4, 0.5) is 0 Å². The summed E-state index contributed by atoms with van der Waals surface area (Å²) in [7, 11) is 0. The van der Waals surface area contributed by atoms with E-state index in [0.717, 1.165) is 36.2 Å². The maximum Gasteiger partial charge on any atom is 0.225 e. The summed E-state index contributed by atoms with van der Waals surface area (Å²) in [6, 6.07) is 0. The molecule has 22 heavy (non-hydrogen) atoms. The average molecular weight is 307 g/mol. The number of aliphatic hydroxyl groups is 1. The van der Waals surface area contributed by atoms with Gasteiger partial charge in [0.15, 0.2) is 0 Å². The minimum Gasteiger partial charge on any atom is -0.394 e. The summed E-state index contributed by atoms with van der Waals surface area (Å²) < 4.78 is 0. The molecule has 2 rings (SSSR count). The first-order chi connectivity index (χ1) is 10.2. The molecule has 1 heterocycles. The zero-order valence-electron chi connectivity index (χ0n) is 14.4. The van der Waals surface area contributed by atoms with Crippen LogP contribution in [0.25, 0.3) is 0 Å². The van der Waals surface area contributed by atoms with Gasteiger partial charge < -0.3 is 10.4 Å². The number of aromatic amines is 1. The maximum absolute atomic E-state index is 12.5. The number of nitrogens with zero attached hydrogens (tertiary/aromatic N) is 1. The monoisotopic (exact) mass is 307 g/mol. The quantitative estimate of drug-likeness (QED) is 0.798. The van der Waals surface area contributed by atoms with E-state index in [1.54, 1.807) is 0 Å². The summed E-state index contributed by atoms with van der Waals surface area (Å²) in [5, 5.41) is 20.1. The van der Waals surface area contributed by atoms with Gasteiger partial charge in [-0.1, -0.05) is 20.8 Å². The number of aryl methyl sites for hydroxylation is 2. The number of aliphatic hydroxyl groups excluding tert-OH is 1. The Morgan fingerprint density at radius 3 is 2.59 bits per heavy atom. The van der Waals surface area contributed by atoms with Gasteiger partial charge in [-0.05, 0) is 44.4 Å². The van der Waals surface area contributed by atoms with Crippen LogP contribution in [-0.2, 0) is 11.2 Å². The highest BCUT2D eigenvalue weighted by Crippen LogP contribution is 2.43. The van der Waals surface area contributed by atoms with Crippen molar-refractivity contribution in [1.29, 1.82) is 0 Å². The number of H-pyrrole nitrogens is 1. The lowest BCUT2D eigenvalue weighted by atomic mass is 9.64. The summed E-state index contributed by atoms with van der Waals surface area (Å²) in [6.45, 7) is 10.4. The summed E-state index contributed by atoms with van der Waals surface area (Å²) in [4.78, 5) is 12.5. The lowest BCUT2D eigenvalue weighted by Gasteiger charge is -2.47. The number of carbonyl (C=O) groups excluding carboxylic acids is 1. The molecule has 5 heteroatoms. The predicted molar refractivity (Wildman–Crippen MR) is 86.5 cm³/mol. The van der Waals surface area contributed by atoms with Crippen molar-refractivity contribution in [1.82, 2.24) is 15.5 Å². The molecule has 1 aliphatic rings. The lowest BCUT2D eigenvalue weighted by molar-refractivity contribution is -0.124. The highest BCUT2D eigenvalue weighted by Gasteiger charge is 2.43. The molecule has 124 valence electrons. The molecule has 0 saturated heterocycles. The van der Waals surface area contributed by atoms with Crippen molar-refractivity contribution in [2.45, 2.75) is 65.8 Å². The van der Waals surface area contributed by atoms with E-state index < -0.39 is 5.54 Å². The molecule has 0 bridgehead atoms. The molecule has 1 aromatic rings. The van der Waals surface area contributed by atoms with Crippen LogP contribution in [0.15, 0.2) is 0 Å². The van der Waals surface area contributed by atoms with Gasteiger partial charge in [-0.3, -0.25) is 9.89 Å². The van der Waals surface area contributed by atoms with E-state index in [-0.39, 0.29) is 17.9 Å². The lowest BCUT2D eigenvalue weighted by Crippen LogP contribution is -2.57. The molecule has 0 aromatic carbocycles. The van der Waals surface area contributed by atoms with Crippen LogP contribution in [0.1, 0.15) is 57.0 Å². The van der Waals surface area contributed by atoms with E-state index in [0.29, 0.717) is 12.3 Å². The maximum atomic E-state index is 12.5. The summed E-state index contributed by atoms with van der Waals surface area (Å²) in [5.41, 5.74) is 2.39. The van der Waals surface area contributed by atoms with Gasteiger partial charge >= 0.3 is 0 Å². The van der Waals surface area contributed by atoms with Crippen LogP contribution in [-0.4, -0.2) is 33.4 Å². The predicted octanol–water partition coefficient (Wildman–Crippen LogP) is 2.26. The van der Waals surface area contributed by atoms with Crippen LogP contribution in [0.2, 0.25) is 0 Å². The number of rotatable bonds is 4. The first-order valence-corrected chi connectivity index (χ1v) is 8.09. The Hall–Kier alpha value is -1.36. The first-order valence-electron chi connectivity index (χ1n) is 8.09. The van der Waals surface area contributed by atoms with Gasteiger partial charge in [-0.2, -0.15) is 5.10 Å². The van der Waals surface area contributed by atoms with Crippen molar-refractivity contribution < 1.29 is 9.90 Å². The van der Waals surface area contributed by atoms with Crippen LogP contribution in [0.5, 0.6) is 0 Å². The molecule has 1 aromatic heterocycles. The van der Waals surface area contributed by atoms with Gasteiger partial charge in [0.2, 0.25) is 5.91 Å². The fourth-order valence-corrected chi connectivity index (χ4v) is 4.33. The van der Waals surface area contributed by atoms with Gasteiger partial charge in [-0.15, -0.1) is 0 Å². The van der Waals surface area contributed by atoms with E-state index in [4.69, 9.17) is 0 Å². The molecule has 0 radical (unpaired) electrons. The Balaban J connectivity index is 2.11. The van der Waals surface area contributed by atoms with E-state index in [9.17, 15) is 9.90 Å². The zero-order valence-corrected chi connectivity index (χ0v) is 14.4. The van der Waals surface area contributed by atoms with Gasteiger partial charge in [0.05, 0.1) is 24.3 Å². The van der Waals surface area contributed by atoms with Gasteiger partial charge in [0.1, 0.15) is 0 Å². The Kier molecular flexibility index (Phi) is 4.66. The van der Waals surface area contributed by atoms with Crippen molar-refractivity contribution >= 4 is 5.91 Å². The molecular weight excluding hydrogens is 278 g/mol. The number of hydrogen-bond donors (Lipinski definition) is 3. The second kappa shape index (κ2) is 6.03. The SMILES string of the molecule is Cc1n[nH]c(C)c1CC(=O)N[C@@]1(CO)C[C@H](C)CC(C)(C)C1. The molecule has 2 atom stereocenters. The fraction of sp³-hybridized carbons (Fsp3) is 0.765. The Morgan fingerprint density at radius 2 is 2.09 bits per heavy atom. The van der Waals surface area contributed by atoms with Crippen LogP contribution in [0.3, 0.4) is 0 Å². The van der Waals surface area contributed by atoms with Gasteiger partial charge in [0.25, 0.3) is 0 Å². The number of hydrogen-bond acceptors (Lipinski definition) is 3. The molecule has 3 N–H and O–H groups in total. The molecule has 5 nitrogen and oxygen atoms in total. The molecule has 1 aliphatic carbocycles. The average Bonchev–Trinajstić information content (AvgIpc) is 2.68. The van der Waals surface area contributed by atoms with Crippen LogP contribution < -0.4 is 5.32 Å². The zero-order chi connectivity index (χ0) is 16.5. The third-order valence-electron chi connectivity index (χ3n) is 4.78. The minimum absolute atomic E-state index is 0.00411. The van der Waals surface area contributed by atoms with E-state index in [2.05, 4.69) is 36.3 Å². The normalized spacial score (nSPS) is 27.6. The molecule has 0 aliphatic heterocycles. The van der Waals surface area contributed by atoms with Crippen molar-refractivity contribution in [3.8, 4) is 0 Å². The Bertz CT molecular complexity index is 531. The highest BCUT2D eigenvalue weighted by atomic mass is 16.3. The Labute approximate surface area is 132 Å². The minimum atomic E-state index is -0.496. The number of nitrogens with one attached hydrogen (secondary N) is 2. The molecule has 1 amide bonds. The number of carbonyl (C=O) groups is 1. The molecule has 0 unspecified atom stereocenters. The summed E-state index contributed by atoms with van der Waals surface area (Å²) in [5.74, 6) is 0.458. The molecule has 1 fully saturated rings. The number of amides is 1. The second-order valence-corrected chi connectivity index (χ2v) is 7.93. The van der Waals surface area contributed by atoms with Gasteiger partial charge in [-0.25, -0.2) is 0 Å². The molecular formula is C17H29N3O2. The second-order valence-electron chi connectivity index (χ2n) is 7.93. The van der Waals surface area contributed by atoms with Crippen LogP contribution >= 0.6 is 0 Å². The van der Waals surface area contributed by atoms with Crippen molar-refractivity contribution in [2.24, 2.45) is 11.3 Å². The van der Waals surface area contributed by atoms with Gasteiger partial charge in [0, 0.05) is 11.3 Å².